The molecule has 1 aromatic carbocycles. The van der Waals surface area contributed by atoms with Gasteiger partial charge >= 0.3 is 5.97 Å². The third-order valence-corrected chi connectivity index (χ3v) is 3.55. The van der Waals surface area contributed by atoms with Gasteiger partial charge in [-0.3, -0.25) is 10.1 Å². The molecule has 24 heavy (non-hydrogen) atoms. The average Bonchev–Trinajstić information content (AvgIpc) is 2.55. The van der Waals surface area contributed by atoms with E-state index in [9.17, 15) is 14.9 Å². The SMILES string of the molecule is COC(=O)c1cc(OCCC(C)OCCCN)c(Cl)c([N+](=O)[O-])c1. The summed E-state index contributed by atoms with van der Waals surface area (Å²) in [6.45, 7) is 3.23. The Morgan fingerprint density at radius 2 is 2.12 bits per heavy atom. The molecule has 0 radical (unpaired) electrons. The molecule has 0 spiro atoms. The first-order valence-corrected chi connectivity index (χ1v) is 7.79. The number of esters is 1. The van der Waals surface area contributed by atoms with Crippen molar-refractivity contribution in [3.8, 4) is 5.75 Å². The first-order valence-electron chi connectivity index (χ1n) is 7.41. The number of methoxy groups -OCH3 is 1. The van der Waals surface area contributed by atoms with Crippen molar-refractivity contribution in [2.24, 2.45) is 5.73 Å². The molecular formula is C15H21ClN2O6. The molecule has 0 aromatic heterocycles. The van der Waals surface area contributed by atoms with Crippen LogP contribution in [0.3, 0.4) is 0 Å². The number of nitrogens with zero attached hydrogens (tertiary/aromatic N) is 1. The Morgan fingerprint density at radius 3 is 2.71 bits per heavy atom. The number of nitrogens with two attached hydrogens (primary N) is 1. The molecule has 0 aliphatic carbocycles. The van der Waals surface area contributed by atoms with Crippen LogP contribution in [0.1, 0.15) is 30.1 Å². The van der Waals surface area contributed by atoms with Crippen LogP contribution in [-0.2, 0) is 9.47 Å². The fourth-order valence-electron chi connectivity index (χ4n) is 1.84. The predicted octanol–water partition coefficient (Wildman–Crippen LogP) is 2.56. The molecule has 1 aromatic rings. The van der Waals surface area contributed by atoms with Gasteiger partial charge in [0.15, 0.2) is 5.02 Å². The second-order valence-electron chi connectivity index (χ2n) is 5.02. The van der Waals surface area contributed by atoms with Crippen LogP contribution < -0.4 is 10.5 Å². The Labute approximate surface area is 145 Å². The van der Waals surface area contributed by atoms with Crippen molar-refractivity contribution < 1.29 is 23.9 Å². The van der Waals surface area contributed by atoms with Gasteiger partial charge in [0.05, 0.1) is 30.3 Å². The summed E-state index contributed by atoms with van der Waals surface area (Å²) < 4.78 is 15.6. The van der Waals surface area contributed by atoms with Crippen molar-refractivity contribution in [3.05, 3.63) is 32.8 Å². The number of nitro benzene ring substituents is 1. The zero-order valence-electron chi connectivity index (χ0n) is 13.6. The second kappa shape index (κ2) is 10.1. The molecule has 134 valence electrons. The van der Waals surface area contributed by atoms with E-state index < -0.39 is 16.6 Å². The maximum atomic E-state index is 11.6. The minimum absolute atomic E-state index is 0.00385. The number of hydrogen-bond donors (Lipinski definition) is 1. The molecule has 0 amide bonds. The highest BCUT2D eigenvalue weighted by molar-refractivity contribution is 6.34. The van der Waals surface area contributed by atoms with Crippen LogP contribution >= 0.6 is 11.6 Å². The summed E-state index contributed by atoms with van der Waals surface area (Å²) in [5.74, 6) is -0.654. The predicted molar refractivity (Wildman–Crippen MR) is 88.6 cm³/mol. The summed E-state index contributed by atoms with van der Waals surface area (Å²) in [7, 11) is 1.18. The first kappa shape index (κ1) is 20.1. The molecule has 0 bridgehead atoms. The molecule has 2 N–H and O–H groups in total. The summed E-state index contributed by atoms with van der Waals surface area (Å²) in [6.07, 6.45) is 1.26. The number of carbonyl (C=O) groups is 1. The van der Waals surface area contributed by atoms with Crippen molar-refractivity contribution in [2.75, 3.05) is 26.9 Å². The molecule has 0 saturated heterocycles. The molecule has 0 saturated carbocycles. The van der Waals surface area contributed by atoms with Crippen LogP contribution in [0.5, 0.6) is 5.75 Å². The van der Waals surface area contributed by atoms with Crippen LogP contribution in [-0.4, -0.2) is 43.9 Å². The van der Waals surface area contributed by atoms with Gasteiger partial charge in [0.2, 0.25) is 0 Å². The van der Waals surface area contributed by atoms with E-state index in [-0.39, 0.29) is 29.0 Å². The largest absolute Gasteiger partial charge is 0.492 e. The molecule has 0 aliphatic rings. The first-order chi connectivity index (χ1) is 11.4. The van der Waals surface area contributed by atoms with Crippen molar-refractivity contribution in [2.45, 2.75) is 25.9 Å². The lowest BCUT2D eigenvalue weighted by molar-refractivity contribution is -0.384. The van der Waals surface area contributed by atoms with Crippen LogP contribution in [0.25, 0.3) is 0 Å². The van der Waals surface area contributed by atoms with Crippen molar-refractivity contribution in [1.82, 2.24) is 0 Å². The van der Waals surface area contributed by atoms with Gasteiger partial charge in [-0.15, -0.1) is 0 Å². The van der Waals surface area contributed by atoms with E-state index in [1.807, 2.05) is 6.92 Å². The smallest absolute Gasteiger partial charge is 0.338 e. The summed E-state index contributed by atoms with van der Waals surface area (Å²) in [6, 6.07) is 2.38. The van der Waals surface area contributed by atoms with Gasteiger partial charge in [-0.25, -0.2) is 4.79 Å². The van der Waals surface area contributed by atoms with Gasteiger partial charge in [0.1, 0.15) is 5.75 Å². The number of halogens is 1. The lowest BCUT2D eigenvalue weighted by atomic mass is 10.2. The van der Waals surface area contributed by atoms with E-state index in [1.165, 1.54) is 13.2 Å². The number of benzene rings is 1. The third kappa shape index (κ3) is 5.95. The number of carbonyl (C=O) groups excluding carboxylic acids is 1. The van der Waals surface area contributed by atoms with E-state index in [0.717, 1.165) is 12.5 Å². The van der Waals surface area contributed by atoms with Crippen molar-refractivity contribution >= 4 is 23.3 Å². The normalized spacial score (nSPS) is 11.8. The number of ether oxygens (including phenoxy) is 3. The minimum atomic E-state index is -0.710. The molecule has 0 heterocycles. The van der Waals surface area contributed by atoms with E-state index >= 15 is 0 Å². The monoisotopic (exact) mass is 360 g/mol. The maximum absolute atomic E-state index is 11.6. The van der Waals surface area contributed by atoms with Gasteiger partial charge in [-0.2, -0.15) is 0 Å². The molecular weight excluding hydrogens is 340 g/mol. The maximum Gasteiger partial charge on any atom is 0.338 e. The van der Waals surface area contributed by atoms with Crippen molar-refractivity contribution in [1.29, 1.82) is 0 Å². The standard InChI is InChI=1S/C15H21ClN2O6/c1-10(23-6-3-5-17)4-7-24-13-9-11(15(19)22-2)8-12(14(13)16)18(20)21/h8-10H,3-7,17H2,1-2H3. The van der Waals surface area contributed by atoms with Crippen LogP contribution in [0.4, 0.5) is 5.69 Å². The Hall–Kier alpha value is -1.90. The molecule has 9 heteroatoms. The number of nitro groups is 1. The Morgan fingerprint density at radius 1 is 1.42 bits per heavy atom. The van der Waals surface area contributed by atoms with Gasteiger partial charge in [-0.05, 0) is 26.0 Å². The quantitative estimate of drug-likeness (QED) is 0.295. The summed E-state index contributed by atoms with van der Waals surface area (Å²) in [5, 5.41) is 10.9. The summed E-state index contributed by atoms with van der Waals surface area (Å²) in [5.41, 5.74) is 4.97. The van der Waals surface area contributed by atoms with Crippen LogP contribution in [0.2, 0.25) is 5.02 Å². The lowest BCUT2D eigenvalue weighted by Gasteiger charge is -2.14. The molecule has 1 atom stereocenters. The van der Waals surface area contributed by atoms with E-state index in [2.05, 4.69) is 4.74 Å². The summed E-state index contributed by atoms with van der Waals surface area (Å²) in [4.78, 5) is 22.0. The third-order valence-electron chi connectivity index (χ3n) is 3.17. The Kier molecular flexibility index (Phi) is 8.45. The highest BCUT2D eigenvalue weighted by Crippen LogP contribution is 2.35. The fourth-order valence-corrected chi connectivity index (χ4v) is 2.08. The van der Waals surface area contributed by atoms with E-state index in [0.29, 0.717) is 19.6 Å². The molecule has 0 aliphatic heterocycles. The highest BCUT2D eigenvalue weighted by Gasteiger charge is 2.22. The van der Waals surface area contributed by atoms with Gasteiger partial charge in [0, 0.05) is 19.1 Å². The molecule has 8 nitrogen and oxygen atoms in total. The Balaban J connectivity index is 2.77. The van der Waals surface area contributed by atoms with E-state index in [1.54, 1.807) is 0 Å². The van der Waals surface area contributed by atoms with E-state index in [4.69, 9.17) is 26.8 Å². The summed E-state index contributed by atoms with van der Waals surface area (Å²) >= 11 is 5.98. The topological polar surface area (TPSA) is 114 Å². The van der Waals surface area contributed by atoms with Gasteiger partial charge in [0.25, 0.3) is 5.69 Å². The number of rotatable bonds is 10. The molecule has 0 fully saturated rings. The highest BCUT2D eigenvalue weighted by atomic mass is 35.5. The molecule has 1 unspecified atom stereocenters. The minimum Gasteiger partial charge on any atom is -0.492 e. The fraction of sp³-hybridized carbons (Fsp3) is 0.533. The Bertz CT molecular complexity index is 581. The zero-order valence-corrected chi connectivity index (χ0v) is 14.4. The van der Waals surface area contributed by atoms with Gasteiger partial charge in [-0.1, -0.05) is 11.6 Å². The second-order valence-corrected chi connectivity index (χ2v) is 5.39. The number of hydrogen-bond acceptors (Lipinski definition) is 7. The van der Waals surface area contributed by atoms with Crippen molar-refractivity contribution in [3.63, 3.8) is 0 Å². The zero-order chi connectivity index (χ0) is 18.1. The lowest BCUT2D eigenvalue weighted by Crippen LogP contribution is -2.15. The van der Waals surface area contributed by atoms with Crippen LogP contribution in [0, 0.1) is 10.1 Å². The average molecular weight is 361 g/mol. The van der Waals surface area contributed by atoms with Gasteiger partial charge < -0.3 is 19.9 Å². The molecule has 1 rings (SSSR count). The van der Waals surface area contributed by atoms with Crippen LogP contribution in [0.15, 0.2) is 12.1 Å².